The smallest absolute Gasteiger partial charge is 0.222 e. The molecule has 0 radical (unpaired) electrons. The van der Waals surface area contributed by atoms with Gasteiger partial charge in [-0.05, 0) is 35.8 Å². The molecule has 2 aliphatic rings. The second-order valence-corrected chi connectivity index (χ2v) is 9.21. The molecule has 2 aliphatic heterocycles. The minimum Gasteiger partial charge on any atom is -0.352 e. The van der Waals surface area contributed by atoms with Crippen molar-refractivity contribution < 1.29 is 4.79 Å². The molecule has 3 atom stereocenters. The van der Waals surface area contributed by atoms with Gasteiger partial charge in [0.25, 0.3) is 0 Å². The number of halogens is 1. The molecule has 2 heterocycles. The summed E-state index contributed by atoms with van der Waals surface area (Å²) in [5.74, 6) is 2.62. The lowest BCUT2D eigenvalue weighted by Crippen LogP contribution is -2.44. The third kappa shape index (κ3) is 7.93. The SMILES string of the molecule is CCC(=O)N1CCC(NC(=NC)NCc2ccc(CN3CC(C)CC(C)C3)cc2)C1.I. The number of carbonyl (C=O) groups is 1. The number of amides is 1. The molecule has 0 bridgehead atoms. The van der Waals surface area contributed by atoms with E-state index in [4.69, 9.17) is 0 Å². The number of benzene rings is 1. The van der Waals surface area contributed by atoms with E-state index in [1.165, 1.54) is 30.6 Å². The van der Waals surface area contributed by atoms with Crippen molar-refractivity contribution in [1.82, 2.24) is 20.4 Å². The lowest BCUT2D eigenvalue weighted by atomic mass is 9.91. The normalized spacial score (nSPS) is 24.6. The summed E-state index contributed by atoms with van der Waals surface area (Å²) in [4.78, 5) is 20.7. The molecule has 0 aliphatic carbocycles. The highest BCUT2D eigenvalue weighted by Crippen LogP contribution is 2.22. The molecular formula is C24H40IN5O. The van der Waals surface area contributed by atoms with E-state index in [0.29, 0.717) is 6.42 Å². The van der Waals surface area contributed by atoms with Gasteiger partial charge in [-0.15, -0.1) is 24.0 Å². The fourth-order valence-corrected chi connectivity index (χ4v) is 4.84. The highest BCUT2D eigenvalue weighted by Gasteiger charge is 2.25. The number of hydrogen-bond acceptors (Lipinski definition) is 3. The molecule has 6 nitrogen and oxygen atoms in total. The maximum atomic E-state index is 11.9. The lowest BCUT2D eigenvalue weighted by molar-refractivity contribution is -0.129. The number of rotatable bonds is 6. The fraction of sp³-hybridized carbons (Fsp3) is 0.667. The minimum absolute atomic E-state index is 0. The monoisotopic (exact) mass is 541 g/mol. The minimum atomic E-state index is 0. The Morgan fingerprint density at radius 3 is 2.35 bits per heavy atom. The van der Waals surface area contributed by atoms with Crippen LogP contribution in [0.2, 0.25) is 0 Å². The Kier molecular flexibility index (Phi) is 10.6. The summed E-state index contributed by atoms with van der Waals surface area (Å²) in [6.45, 7) is 12.4. The largest absolute Gasteiger partial charge is 0.352 e. The average molecular weight is 542 g/mol. The highest BCUT2D eigenvalue weighted by molar-refractivity contribution is 14.0. The molecule has 174 valence electrons. The van der Waals surface area contributed by atoms with Gasteiger partial charge in [0.1, 0.15) is 0 Å². The first-order valence-corrected chi connectivity index (χ1v) is 11.5. The van der Waals surface area contributed by atoms with Gasteiger partial charge in [0, 0.05) is 58.8 Å². The van der Waals surface area contributed by atoms with Crippen molar-refractivity contribution in [2.75, 3.05) is 33.2 Å². The van der Waals surface area contributed by atoms with Gasteiger partial charge in [-0.3, -0.25) is 14.7 Å². The summed E-state index contributed by atoms with van der Waals surface area (Å²) in [5, 5.41) is 6.87. The average Bonchev–Trinajstić information content (AvgIpc) is 3.19. The third-order valence-electron chi connectivity index (χ3n) is 6.24. The molecule has 2 saturated heterocycles. The molecule has 1 aromatic rings. The third-order valence-corrected chi connectivity index (χ3v) is 6.24. The quantitative estimate of drug-likeness (QED) is 0.329. The summed E-state index contributed by atoms with van der Waals surface area (Å²) in [7, 11) is 1.79. The van der Waals surface area contributed by atoms with E-state index >= 15 is 0 Å². The van der Waals surface area contributed by atoms with Crippen LogP contribution >= 0.6 is 24.0 Å². The molecular weight excluding hydrogens is 501 g/mol. The summed E-state index contributed by atoms with van der Waals surface area (Å²) >= 11 is 0. The van der Waals surface area contributed by atoms with E-state index < -0.39 is 0 Å². The van der Waals surface area contributed by atoms with E-state index in [-0.39, 0.29) is 35.9 Å². The Morgan fingerprint density at radius 1 is 1.10 bits per heavy atom. The molecule has 1 aromatic carbocycles. The predicted octanol–water partition coefficient (Wildman–Crippen LogP) is 3.46. The van der Waals surface area contributed by atoms with Gasteiger partial charge in [-0.2, -0.15) is 0 Å². The summed E-state index contributed by atoms with van der Waals surface area (Å²) < 4.78 is 0. The van der Waals surface area contributed by atoms with E-state index in [0.717, 1.165) is 50.4 Å². The maximum Gasteiger partial charge on any atom is 0.222 e. The molecule has 3 unspecified atom stereocenters. The zero-order valence-electron chi connectivity index (χ0n) is 19.6. The first kappa shape index (κ1) is 25.9. The zero-order valence-corrected chi connectivity index (χ0v) is 21.9. The van der Waals surface area contributed by atoms with Gasteiger partial charge in [0.15, 0.2) is 5.96 Å². The molecule has 7 heteroatoms. The standard InChI is InChI=1S/C24H39N5O.HI/c1-5-23(30)29-11-10-22(17-29)27-24(25-4)26-13-20-6-8-21(9-7-20)16-28-14-18(2)12-19(3)15-28;/h6-9,18-19,22H,5,10-17H2,1-4H3,(H2,25,26,27);1H. The van der Waals surface area contributed by atoms with E-state index in [9.17, 15) is 4.79 Å². The van der Waals surface area contributed by atoms with Crippen LogP contribution in [0.3, 0.4) is 0 Å². The van der Waals surface area contributed by atoms with Crippen LogP contribution in [-0.2, 0) is 17.9 Å². The summed E-state index contributed by atoms with van der Waals surface area (Å²) in [5.41, 5.74) is 2.63. The topological polar surface area (TPSA) is 60.0 Å². The van der Waals surface area contributed by atoms with Gasteiger partial charge in [0.2, 0.25) is 5.91 Å². The Bertz CT molecular complexity index is 713. The second-order valence-electron chi connectivity index (χ2n) is 9.21. The number of guanidine groups is 1. The van der Waals surface area contributed by atoms with Crippen molar-refractivity contribution in [2.24, 2.45) is 16.8 Å². The predicted molar refractivity (Wildman–Crippen MR) is 139 cm³/mol. The zero-order chi connectivity index (χ0) is 21.5. The van der Waals surface area contributed by atoms with Gasteiger partial charge < -0.3 is 15.5 Å². The number of aliphatic imine (C=N–C) groups is 1. The van der Waals surface area contributed by atoms with Crippen LogP contribution in [0.4, 0.5) is 0 Å². The van der Waals surface area contributed by atoms with Gasteiger partial charge in [-0.1, -0.05) is 45.0 Å². The molecule has 2 fully saturated rings. The Labute approximate surface area is 205 Å². The lowest BCUT2D eigenvalue weighted by Gasteiger charge is -2.35. The maximum absolute atomic E-state index is 11.9. The van der Waals surface area contributed by atoms with Crippen LogP contribution in [0.1, 0.15) is 51.2 Å². The van der Waals surface area contributed by atoms with Gasteiger partial charge in [-0.25, -0.2) is 0 Å². The number of likely N-dealkylation sites (tertiary alicyclic amines) is 2. The number of nitrogens with zero attached hydrogens (tertiary/aromatic N) is 3. The van der Waals surface area contributed by atoms with E-state index in [2.05, 4.69) is 58.6 Å². The van der Waals surface area contributed by atoms with Crippen LogP contribution in [0, 0.1) is 11.8 Å². The van der Waals surface area contributed by atoms with Gasteiger partial charge in [0.05, 0.1) is 0 Å². The highest BCUT2D eigenvalue weighted by atomic mass is 127. The first-order valence-electron chi connectivity index (χ1n) is 11.5. The summed E-state index contributed by atoms with van der Waals surface area (Å²) in [6, 6.07) is 9.20. The molecule has 2 N–H and O–H groups in total. The van der Waals surface area contributed by atoms with E-state index in [1.807, 2.05) is 11.8 Å². The van der Waals surface area contributed by atoms with Crippen molar-refractivity contribution in [2.45, 2.75) is 59.2 Å². The van der Waals surface area contributed by atoms with Crippen molar-refractivity contribution in [1.29, 1.82) is 0 Å². The Morgan fingerprint density at radius 2 is 1.74 bits per heavy atom. The number of piperidine rings is 1. The van der Waals surface area contributed by atoms with Crippen molar-refractivity contribution in [3.63, 3.8) is 0 Å². The van der Waals surface area contributed by atoms with Crippen molar-refractivity contribution in [3.8, 4) is 0 Å². The number of hydrogen-bond donors (Lipinski definition) is 2. The molecule has 3 rings (SSSR count). The van der Waals surface area contributed by atoms with E-state index in [1.54, 1.807) is 7.05 Å². The molecule has 0 saturated carbocycles. The second kappa shape index (κ2) is 12.6. The first-order chi connectivity index (χ1) is 14.5. The number of nitrogens with one attached hydrogen (secondary N) is 2. The van der Waals surface area contributed by atoms with Gasteiger partial charge >= 0.3 is 0 Å². The fourth-order valence-electron chi connectivity index (χ4n) is 4.84. The Balaban J connectivity index is 0.00000341. The summed E-state index contributed by atoms with van der Waals surface area (Å²) in [6.07, 6.45) is 2.89. The van der Waals surface area contributed by atoms with Crippen LogP contribution in [0.5, 0.6) is 0 Å². The molecule has 0 spiro atoms. The van der Waals surface area contributed by atoms with Crippen LogP contribution in [0.15, 0.2) is 29.3 Å². The van der Waals surface area contributed by atoms with Crippen molar-refractivity contribution in [3.05, 3.63) is 35.4 Å². The Hall–Kier alpha value is -1.35. The number of carbonyl (C=O) groups excluding carboxylic acids is 1. The molecule has 31 heavy (non-hydrogen) atoms. The van der Waals surface area contributed by atoms with Crippen LogP contribution in [-0.4, -0.2) is 60.9 Å². The molecule has 0 aromatic heterocycles. The van der Waals surface area contributed by atoms with Crippen LogP contribution < -0.4 is 10.6 Å². The van der Waals surface area contributed by atoms with Crippen LogP contribution in [0.25, 0.3) is 0 Å². The molecule has 1 amide bonds. The van der Waals surface area contributed by atoms with Crippen molar-refractivity contribution >= 4 is 35.8 Å².